The van der Waals surface area contributed by atoms with Crippen molar-refractivity contribution in [2.45, 2.75) is 53.1 Å². The van der Waals surface area contributed by atoms with Crippen LogP contribution in [0.15, 0.2) is 12.1 Å². The summed E-state index contributed by atoms with van der Waals surface area (Å²) in [6.07, 6.45) is 1.53. The van der Waals surface area contributed by atoms with Gasteiger partial charge in [0.2, 0.25) is 0 Å². The molecule has 0 radical (unpaired) electrons. The molecule has 0 aliphatic heterocycles. The predicted molar refractivity (Wildman–Crippen MR) is 84.7 cm³/mol. The van der Waals surface area contributed by atoms with Crippen molar-refractivity contribution in [3.05, 3.63) is 28.8 Å². The average Bonchev–Trinajstić information content (AvgIpc) is 2.35. The molecule has 0 spiro atoms. The zero-order valence-corrected chi connectivity index (χ0v) is 13.7. The van der Waals surface area contributed by atoms with Gasteiger partial charge in [-0.3, -0.25) is 4.79 Å². The third-order valence-corrected chi connectivity index (χ3v) is 3.41. The summed E-state index contributed by atoms with van der Waals surface area (Å²) in [5.74, 6) is 0.543. The van der Waals surface area contributed by atoms with Gasteiger partial charge in [0.25, 0.3) is 5.91 Å². The van der Waals surface area contributed by atoms with Crippen LogP contribution in [-0.4, -0.2) is 29.8 Å². The maximum atomic E-state index is 11.8. The van der Waals surface area contributed by atoms with Crippen LogP contribution in [0.5, 0.6) is 5.75 Å². The molecular weight excluding hydrogens is 266 g/mol. The maximum Gasteiger partial charge on any atom is 0.258 e. The third-order valence-electron chi connectivity index (χ3n) is 3.41. The van der Waals surface area contributed by atoms with Crippen LogP contribution in [0, 0.1) is 20.8 Å². The summed E-state index contributed by atoms with van der Waals surface area (Å²) < 4.78 is 5.62. The number of amides is 1. The molecule has 1 rings (SSSR count). The molecule has 1 aromatic carbocycles. The van der Waals surface area contributed by atoms with Crippen LogP contribution in [0.3, 0.4) is 0 Å². The number of aryl methyl sites for hydroxylation is 3. The Labute approximate surface area is 127 Å². The molecule has 1 unspecified atom stereocenters. The lowest BCUT2D eigenvalue weighted by molar-refractivity contribution is -0.124. The Hall–Kier alpha value is -1.55. The molecule has 0 saturated heterocycles. The summed E-state index contributed by atoms with van der Waals surface area (Å²) in [6.45, 7) is 9.92. The van der Waals surface area contributed by atoms with E-state index in [1.807, 2.05) is 39.8 Å². The van der Waals surface area contributed by atoms with Gasteiger partial charge in [0.05, 0.1) is 5.60 Å². The van der Waals surface area contributed by atoms with Crippen LogP contribution < -0.4 is 10.1 Å². The predicted octanol–water partition coefficient (Wildman–Crippen LogP) is 2.66. The van der Waals surface area contributed by atoms with E-state index in [0.29, 0.717) is 6.42 Å². The molecule has 2 N–H and O–H groups in total. The molecule has 0 heterocycles. The highest BCUT2D eigenvalue weighted by atomic mass is 16.5. The van der Waals surface area contributed by atoms with Gasteiger partial charge in [-0.15, -0.1) is 0 Å². The van der Waals surface area contributed by atoms with Crippen LogP contribution in [0.25, 0.3) is 0 Å². The molecule has 0 fully saturated rings. The number of nitrogens with one attached hydrogen (secondary N) is 1. The minimum atomic E-state index is -0.861. The molecule has 118 valence electrons. The van der Waals surface area contributed by atoms with Crippen LogP contribution in [0.1, 0.15) is 43.4 Å². The molecule has 1 amide bonds. The highest BCUT2D eigenvalue weighted by Crippen LogP contribution is 2.24. The van der Waals surface area contributed by atoms with E-state index in [0.717, 1.165) is 23.3 Å². The largest absolute Gasteiger partial charge is 0.483 e. The number of benzene rings is 1. The summed E-state index contributed by atoms with van der Waals surface area (Å²) in [7, 11) is 0. The van der Waals surface area contributed by atoms with Crippen molar-refractivity contribution < 1.29 is 14.6 Å². The Balaban J connectivity index is 2.51. The summed E-state index contributed by atoms with van der Waals surface area (Å²) in [5, 5.41) is 12.7. The van der Waals surface area contributed by atoms with Crippen molar-refractivity contribution >= 4 is 5.91 Å². The van der Waals surface area contributed by atoms with Crippen molar-refractivity contribution in [1.29, 1.82) is 0 Å². The smallest absolute Gasteiger partial charge is 0.258 e. The molecule has 4 heteroatoms. The number of rotatable bonds is 7. The van der Waals surface area contributed by atoms with E-state index in [1.54, 1.807) is 6.92 Å². The van der Waals surface area contributed by atoms with Crippen LogP contribution >= 0.6 is 0 Å². The molecule has 1 atom stereocenters. The minimum Gasteiger partial charge on any atom is -0.483 e. The van der Waals surface area contributed by atoms with Crippen molar-refractivity contribution in [2.24, 2.45) is 0 Å². The van der Waals surface area contributed by atoms with Crippen molar-refractivity contribution in [1.82, 2.24) is 5.32 Å². The van der Waals surface area contributed by atoms with E-state index in [2.05, 4.69) is 5.32 Å². The Morgan fingerprint density at radius 2 is 1.86 bits per heavy atom. The van der Waals surface area contributed by atoms with Gasteiger partial charge in [0, 0.05) is 6.54 Å². The standard InChI is InChI=1S/C17H27NO3/c1-6-7-17(5,20)11-18-15(19)10-21-16-13(3)8-12(2)9-14(16)4/h8-9,20H,6-7,10-11H2,1-5H3,(H,18,19). The summed E-state index contributed by atoms with van der Waals surface area (Å²) in [5.41, 5.74) is 2.37. The Morgan fingerprint density at radius 1 is 1.29 bits per heavy atom. The number of carbonyl (C=O) groups excluding carboxylic acids is 1. The quantitative estimate of drug-likeness (QED) is 0.812. The van der Waals surface area contributed by atoms with E-state index in [-0.39, 0.29) is 19.1 Å². The van der Waals surface area contributed by atoms with E-state index < -0.39 is 5.60 Å². The first kappa shape index (κ1) is 17.5. The van der Waals surface area contributed by atoms with Gasteiger partial charge < -0.3 is 15.2 Å². The van der Waals surface area contributed by atoms with Crippen LogP contribution in [0.2, 0.25) is 0 Å². The van der Waals surface area contributed by atoms with Crippen LogP contribution in [0.4, 0.5) is 0 Å². The van der Waals surface area contributed by atoms with Gasteiger partial charge in [0.1, 0.15) is 5.75 Å². The van der Waals surface area contributed by atoms with Gasteiger partial charge in [0.15, 0.2) is 6.61 Å². The monoisotopic (exact) mass is 293 g/mol. The maximum absolute atomic E-state index is 11.8. The molecule has 1 aromatic rings. The number of aliphatic hydroxyl groups is 1. The zero-order chi connectivity index (χ0) is 16.0. The fourth-order valence-corrected chi connectivity index (χ4v) is 2.50. The lowest BCUT2D eigenvalue weighted by atomic mass is 10.0. The summed E-state index contributed by atoms with van der Waals surface area (Å²) in [4.78, 5) is 11.8. The Bertz CT molecular complexity index is 472. The van der Waals surface area contributed by atoms with Gasteiger partial charge in [-0.05, 0) is 45.2 Å². The Morgan fingerprint density at radius 3 is 2.38 bits per heavy atom. The first-order valence-electron chi connectivity index (χ1n) is 7.45. The van der Waals surface area contributed by atoms with E-state index in [9.17, 15) is 9.90 Å². The van der Waals surface area contributed by atoms with Gasteiger partial charge in [-0.1, -0.05) is 31.0 Å². The SMILES string of the molecule is CCCC(C)(O)CNC(=O)COc1c(C)cc(C)cc1C. The lowest BCUT2D eigenvalue weighted by Gasteiger charge is -2.23. The van der Waals surface area contributed by atoms with Crippen LogP contribution in [-0.2, 0) is 4.79 Å². The number of hydrogen-bond acceptors (Lipinski definition) is 3. The average molecular weight is 293 g/mol. The van der Waals surface area contributed by atoms with Gasteiger partial charge in [-0.25, -0.2) is 0 Å². The molecular formula is C17H27NO3. The molecule has 0 aliphatic rings. The molecule has 21 heavy (non-hydrogen) atoms. The second kappa shape index (κ2) is 7.46. The number of hydrogen-bond donors (Lipinski definition) is 2. The number of ether oxygens (including phenoxy) is 1. The van der Waals surface area contributed by atoms with Crippen molar-refractivity contribution in [3.63, 3.8) is 0 Å². The second-order valence-electron chi connectivity index (χ2n) is 6.04. The topological polar surface area (TPSA) is 58.6 Å². The molecule has 0 bridgehead atoms. The Kier molecular flexibility index (Phi) is 6.21. The number of carbonyl (C=O) groups is 1. The second-order valence-corrected chi connectivity index (χ2v) is 6.04. The molecule has 4 nitrogen and oxygen atoms in total. The highest BCUT2D eigenvalue weighted by Gasteiger charge is 2.20. The fraction of sp³-hybridized carbons (Fsp3) is 0.588. The summed E-state index contributed by atoms with van der Waals surface area (Å²) in [6, 6.07) is 4.07. The minimum absolute atomic E-state index is 0.0348. The van der Waals surface area contributed by atoms with E-state index in [1.165, 1.54) is 5.56 Å². The summed E-state index contributed by atoms with van der Waals surface area (Å²) >= 11 is 0. The van der Waals surface area contributed by atoms with Crippen molar-refractivity contribution in [3.8, 4) is 5.75 Å². The third kappa shape index (κ3) is 5.76. The van der Waals surface area contributed by atoms with Crippen molar-refractivity contribution in [2.75, 3.05) is 13.2 Å². The highest BCUT2D eigenvalue weighted by molar-refractivity contribution is 5.77. The van der Waals surface area contributed by atoms with E-state index >= 15 is 0 Å². The first-order chi connectivity index (χ1) is 9.75. The molecule has 0 aliphatic carbocycles. The molecule has 0 aromatic heterocycles. The molecule has 0 saturated carbocycles. The fourth-order valence-electron chi connectivity index (χ4n) is 2.50. The zero-order valence-electron chi connectivity index (χ0n) is 13.7. The van der Waals surface area contributed by atoms with E-state index in [4.69, 9.17) is 4.74 Å². The lowest BCUT2D eigenvalue weighted by Crippen LogP contribution is -2.42. The first-order valence-corrected chi connectivity index (χ1v) is 7.45. The normalized spacial score (nSPS) is 13.6. The van der Waals surface area contributed by atoms with Gasteiger partial charge in [-0.2, -0.15) is 0 Å². The van der Waals surface area contributed by atoms with Gasteiger partial charge >= 0.3 is 0 Å².